The van der Waals surface area contributed by atoms with Gasteiger partial charge in [-0.15, -0.1) is 0 Å². The largest absolute Gasteiger partial charge is 0.478 e. The van der Waals surface area contributed by atoms with Gasteiger partial charge in [0.1, 0.15) is 18.0 Å². The summed E-state index contributed by atoms with van der Waals surface area (Å²) in [6, 6.07) is 11.2. The quantitative estimate of drug-likeness (QED) is 0.0246. The van der Waals surface area contributed by atoms with Gasteiger partial charge in [0.15, 0.2) is 12.4 Å². The van der Waals surface area contributed by atoms with Gasteiger partial charge in [0.25, 0.3) is 5.91 Å². The Morgan fingerprint density at radius 3 is 1.95 bits per heavy atom. The molecule has 74 heavy (non-hydrogen) atoms. The number of carboxylic acid groups (broad SMARTS) is 2. The second-order valence-corrected chi connectivity index (χ2v) is 21.0. The summed E-state index contributed by atoms with van der Waals surface area (Å²) in [5.74, 6) is -6.47. The summed E-state index contributed by atoms with van der Waals surface area (Å²) in [7, 11) is 1.27. The molecule has 2 saturated heterocycles. The summed E-state index contributed by atoms with van der Waals surface area (Å²) < 4.78 is 24.9. The van der Waals surface area contributed by atoms with Crippen molar-refractivity contribution in [3.05, 3.63) is 71.3 Å². The molecular formula is C55H82N4O15. The molecule has 0 saturated carbocycles. The number of aliphatic hydroxyl groups is 3. The number of carbonyl (C=O) groups is 5. The SMILES string of the molecule is CO[C@@H]([C@H](O)CC(=O)[C@@H](C)[C@@H](O)CC[C@@H](C)[C@@H]1O[C@]2(CC[C@@H](C)[C@H](CC[C@H](C)/C(C)=N/OCC(=O)N(Cc3ccccn3)Cc3ccccn3)O2)CC[C@@H]1C)[C@H](OC(=O)C[C@@H](O)/C(C(=O)O)=C(\C)C(=O)O)C(C)C. The average molecular weight is 1040 g/mol. The predicted molar refractivity (Wildman–Crippen MR) is 273 cm³/mol. The van der Waals surface area contributed by atoms with Crippen LogP contribution in [0.25, 0.3) is 0 Å². The topological polar surface area (TPSA) is 274 Å². The van der Waals surface area contributed by atoms with E-state index in [2.05, 4.69) is 42.8 Å². The van der Waals surface area contributed by atoms with Crippen molar-refractivity contribution in [2.24, 2.45) is 40.7 Å². The lowest BCUT2D eigenvalue weighted by molar-refractivity contribution is -0.338. The molecule has 0 bridgehead atoms. The first kappa shape index (κ1) is 61.4. The van der Waals surface area contributed by atoms with Crippen LogP contribution >= 0.6 is 0 Å². The van der Waals surface area contributed by atoms with Crippen molar-refractivity contribution in [2.45, 2.75) is 188 Å². The number of hydrogen-bond acceptors (Lipinski definition) is 16. The molecule has 4 heterocycles. The normalized spacial score (nSPS) is 23.8. The summed E-state index contributed by atoms with van der Waals surface area (Å²) in [5, 5.41) is 56.0. The molecule has 412 valence electrons. The lowest BCUT2D eigenvalue weighted by Crippen LogP contribution is -2.53. The first-order valence-corrected chi connectivity index (χ1v) is 26.0. The van der Waals surface area contributed by atoms with Crippen LogP contribution in [0.1, 0.15) is 138 Å². The molecule has 0 aromatic carbocycles. The van der Waals surface area contributed by atoms with Crippen LogP contribution in [0, 0.1) is 35.5 Å². The fraction of sp³-hybridized carbons (Fsp3) is 0.673. The van der Waals surface area contributed by atoms with Crippen LogP contribution in [0.15, 0.2) is 65.1 Å². The standard InChI is InChI=1S/C55H82N4O15/c1-32(2)50(72-48(65)28-44(62)49(54(68)69)38(8)53(66)67)52(70-10)45(63)27-43(61)37(7)42(60)19-17-35(5)51-36(6)22-24-55(74-51)23-21-34(4)46(73-55)20-18-33(3)39(9)58-71-31-47(64)59(29-40-15-11-13-25-56-40)30-41-16-12-14-26-57-41/h11-16,25-26,32-37,42,44-46,50-52,60,62-63H,17-24,27-31H2,1-10H3,(H,66,67)(H,68,69)/b49-38-,58-39+/t33-,34+,35+,36-,37-,42-,44+,45+,46-,50+,51-,52-,55+/m0/s1. The Morgan fingerprint density at radius 2 is 1.41 bits per heavy atom. The van der Waals surface area contributed by atoms with E-state index in [1.54, 1.807) is 38.1 Å². The number of aromatic nitrogens is 2. The smallest absolute Gasteiger partial charge is 0.334 e. The molecule has 0 radical (unpaired) electrons. The molecule has 1 spiro atoms. The molecule has 2 aliphatic rings. The molecule has 2 fully saturated rings. The molecule has 0 aliphatic carbocycles. The average Bonchev–Trinajstić information content (AvgIpc) is 3.36. The van der Waals surface area contributed by atoms with Crippen molar-refractivity contribution >= 4 is 35.3 Å². The van der Waals surface area contributed by atoms with Crippen molar-refractivity contribution in [2.75, 3.05) is 13.7 Å². The van der Waals surface area contributed by atoms with Gasteiger partial charge < -0.3 is 54.2 Å². The number of hydrogen-bond donors (Lipinski definition) is 5. The minimum absolute atomic E-state index is 0.0157. The second-order valence-electron chi connectivity index (χ2n) is 21.0. The van der Waals surface area contributed by atoms with Crippen molar-refractivity contribution in [1.29, 1.82) is 0 Å². The number of ether oxygens (including phenoxy) is 4. The van der Waals surface area contributed by atoms with E-state index in [-0.39, 0.29) is 42.5 Å². The zero-order valence-electron chi connectivity index (χ0n) is 44.9. The number of rotatable bonds is 29. The van der Waals surface area contributed by atoms with E-state index in [1.807, 2.05) is 43.3 Å². The lowest BCUT2D eigenvalue weighted by Gasteiger charge is -2.51. The lowest BCUT2D eigenvalue weighted by atomic mass is 9.79. The molecule has 2 aromatic heterocycles. The highest BCUT2D eigenvalue weighted by molar-refractivity contribution is 5.99. The number of Topliss-reactive ketones (excluding diaryl/α,β-unsaturated/α-hetero) is 1. The Morgan fingerprint density at radius 1 is 0.797 bits per heavy atom. The number of carboxylic acids is 2. The van der Waals surface area contributed by atoms with Gasteiger partial charge in [-0.05, 0) is 106 Å². The van der Waals surface area contributed by atoms with Gasteiger partial charge in [-0.2, -0.15) is 0 Å². The fourth-order valence-corrected chi connectivity index (χ4v) is 9.80. The van der Waals surface area contributed by atoms with Crippen LogP contribution in [0.5, 0.6) is 0 Å². The highest BCUT2D eigenvalue weighted by atomic mass is 16.7. The third kappa shape index (κ3) is 18.0. The molecule has 4 rings (SSSR count). The Hall–Kier alpha value is -5.18. The molecule has 13 atom stereocenters. The number of nitrogens with zero attached hydrogens (tertiary/aromatic N) is 4. The third-order valence-electron chi connectivity index (χ3n) is 14.9. The van der Waals surface area contributed by atoms with Crippen molar-refractivity contribution in [3.8, 4) is 0 Å². The van der Waals surface area contributed by atoms with Gasteiger partial charge in [-0.1, -0.05) is 65.8 Å². The maximum atomic E-state index is 13.5. The van der Waals surface area contributed by atoms with Crippen LogP contribution in [-0.2, 0) is 60.8 Å². The van der Waals surface area contributed by atoms with E-state index in [0.717, 1.165) is 62.5 Å². The summed E-state index contributed by atoms with van der Waals surface area (Å²) in [6.45, 7) is 16.8. The first-order valence-electron chi connectivity index (χ1n) is 26.0. The molecule has 5 N–H and O–H groups in total. The summed E-state index contributed by atoms with van der Waals surface area (Å²) in [5.41, 5.74) is 0.769. The van der Waals surface area contributed by atoms with E-state index in [1.165, 1.54) is 7.11 Å². The van der Waals surface area contributed by atoms with Crippen LogP contribution in [0.4, 0.5) is 0 Å². The second kappa shape index (κ2) is 29.2. The zero-order chi connectivity index (χ0) is 54.9. The zero-order valence-corrected chi connectivity index (χ0v) is 44.9. The first-order chi connectivity index (χ1) is 35.0. The predicted octanol–water partition coefficient (Wildman–Crippen LogP) is 6.69. The van der Waals surface area contributed by atoms with Crippen LogP contribution in [-0.4, -0.2) is 138 Å². The number of oxime groups is 1. The van der Waals surface area contributed by atoms with E-state index in [4.69, 9.17) is 23.8 Å². The minimum Gasteiger partial charge on any atom is -0.478 e. The minimum atomic E-state index is -1.99. The summed E-state index contributed by atoms with van der Waals surface area (Å²) in [4.78, 5) is 78.9. The molecule has 19 heteroatoms. The van der Waals surface area contributed by atoms with Crippen molar-refractivity contribution < 1.29 is 73.3 Å². The number of amides is 1. The van der Waals surface area contributed by atoms with Gasteiger partial charge in [-0.25, -0.2) is 9.59 Å². The van der Waals surface area contributed by atoms with Gasteiger partial charge in [0.05, 0.1) is 72.7 Å². The molecule has 0 unspecified atom stereocenters. The maximum absolute atomic E-state index is 13.5. The number of carbonyl (C=O) groups excluding carboxylic acids is 3. The number of aliphatic carboxylic acids is 2. The highest BCUT2D eigenvalue weighted by Gasteiger charge is 2.48. The van der Waals surface area contributed by atoms with E-state index >= 15 is 0 Å². The van der Waals surface area contributed by atoms with Crippen LogP contribution in [0.3, 0.4) is 0 Å². The van der Waals surface area contributed by atoms with Crippen LogP contribution in [0.2, 0.25) is 0 Å². The number of aliphatic hydroxyl groups excluding tert-OH is 3. The van der Waals surface area contributed by atoms with E-state index in [9.17, 15) is 49.5 Å². The van der Waals surface area contributed by atoms with Crippen LogP contribution < -0.4 is 0 Å². The highest BCUT2D eigenvalue weighted by Crippen LogP contribution is 2.46. The van der Waals surface area contributed by atoms with E-state index < -0.39 is 95.8 Å². The van der Waals surface area contributed by atoms with Crippen molar-refractivity contribution in [3.63, 3.8) is 0 Å². The summed E-state index contributed by atoms with van der Waals surface area (Å²) in [6.07, 6.45) is 0.857. The number of ketones is 1. The fourth-order valence-electron chi connectivity index (χ4n) is 9.80. The molecule has 1 amide bonds. The monoisotopic (exact) mass is 1040 g/mol. The Bertz CT molecular complexity index is 2150. The Labute approximate surface area is 436 Å². The van der Waals surface area contributed by atoms with Gasteiger partial charge >= 0.3 is 17.9 Å². The number of esters is 1. The van der Waals surface area contributed by atoms with Gasteiger partial charge in [0.2, 0.25) is 0 Å². The molecular weight excluding hydrogens is 957 g/mol. The maximum Gasteiger partial charge on any atom is 0.334 e. The molecule has 19 nitrogen and oxygen atoms in total. The van der Waals surface area contributed by atoms with Gasteiger partial charge in [0, 0.05) is 50.3 Å². The van der Waals surface area contributed by atoms with E-state index in [0.29, 0.717) is 31.8 Å². The Balaban J connectivity index is 1.27. The van der Waals surface area contributed by atoms with Crippen molar-refractivity contribution in [1.82, 2.24) is 14.9 Å². The van der Waals surface area contributed by atoms with Gasteiger partial charge in [-0.3, -0.25) is 24.4 Å². The summed E-state index contributed by atoms with van der Waals surface area (Å²) >= 11 is 0. The molecule has 2 aromatic rings. The third-order valence-corrected chi connectivity index (χ3v) is 14.9. The number of pyridine rings is 2. The Kier molecular flexibility index (Phi) is 24.2. The number of methoxy groups -OCH3 is 1. The molecule has 2 aliphatic heterocycles.